The number of phosphoric ester groups is 2. The van der Waals surface area contributed by atoms with Gasteiger partial charge in [-0.25, -0.2) is 29.1 Å². The number of aromatic nitrogens is 8. The van der Waals surface area contributed by atoms with E-state index in [9.17, 15) is 33.9 Å². The van der Waals surface area contributed by atoms with Crippen LogP contribution in [0.1, 0.15) is 18.3 Å². The molecule has 0 saturated carbocycles. The average molecular weight is 673 g/mol. The number of anilines is 1. The van der Waals surface area contributed by atoms with E-state index in [1.54, 1.807) is 6.92 Å². The van der Waals surface area contributed by atoms with Gasteiger partial charge in [-0.3, -0.25) is 37.0 Å². The van der Waals surface area contributed by atoms with Gasteiger partial charge in [0.2, 0.25) is 5.95 Å². The van der Waals surface area contributed by atoms with E-state index >= 15 is 0 Å². The number of nitrogens with two attached hydrogens (primary N) is 1. The second-order valence-electron chi connectivity index (χ2n) is 10.3. The van der Waals surface area contributed by atoms with Crippen molar-refractivity contribution in [3.8, 4) is 0 Å². The highest BCUT2D eigenvalue weighted by Crippen LogP contribution is 2.53. The third-order valence-electron chi connectivity index (χ3n) is 7.37. The number of fused-ring (bicyclic) bond motifs is 5. The Morgan fingerprint density at radius 2 is 1.53 bits per heavy atom. The van der Waals surface area contributed by atoms with Crippen molar-refractivity contribution in [1.82, 2.24) is 39.0 Å². The van der Waals surface area contributed by atoms with Gasteiger partial charge in [-0.2, -0.15) is 4.98 Å². The highest BCUT2D eigenvalue weighted by Gasteiger charge is 2.54. The zero-order valence-corrected chi connectivity index (χ0v) is 24.6. The Morgan fingerprint density at radius 1 is 0.889 bits per heavy atom. The molecule has 2 bridgehead atoms. The molecule has 0 amide bonds. The van der Waals surface area contributed by atoms with Gasteiger partial charge in [0.1, 0.15) is 48.0 Å². The summed E-state index contributed by atoms with van der Waals surface area (Å²) in [7, 11) is -10.1. The number of hydrogen-bond donors (Lipinski definition) is 6. The fourth-order valence-electron chi connectivity index (χ4n) is 5.34. The van der Waals surface area contributed by atoms with Crippen LogP contribution >= 0.6 is 15.6 Å². The first-order valence-electron chi connectivity index (χ1n) is 13.2. The maximum Gasteiger partial charge on any atom is 0.472 e. The number of hydrogen-bond acceptors (Lipinski definition) is 17. The smallest absolute Gasteiger partial charge is 0.387 e. The van der Waals surface area contributed by atoms with Crippen molar-refractivity contribution in [3.63, 3.8) is 0 Å². The molecule has 0 aliphatic carbocycles. The zero-order valence-electron chi connectivity index (χ0n) is 22.8. The molecule has 3 aliphatic rings. The van der Waals surface area contributed by atoms with Crippen molar-refractivity contribution >= 4 is 43.9 Å². The fraction of sp³-hybridized carbons (Fsp3) is 0.524. The van der Waals surface area contributed by atoms with Crippen molar-refractivity contribution in [2.45, 2.75) is 56.0 Å². The second-order valence-corrected chi connectivity index (χ2v) is 13.1. The number of aromatic amines is 1. The van der Waals surface area contributed by atoms with E-state index in [1.165, 1.54) is 17.1 Å². The maximum absolute atomic E-state index is 13.2. The summed E-state index contributed by atoms with van der Waals surface area (Å²) in [4.78, 5) is 56.3. The summed E-state index contributed by atoms with van der Waals surface area (Å²) in [6.07, 6.45) is -8.62. The standard InChI is InChI=1S/C21H25N9O13P2/c1-7-23-2-8-16(26-7)29(5-24-8)19-13(32)14-10(41-19)4-39-45(36,37)43-15-12(31)9(3-38-44(34,35)42-14)40-20(15)30-6-25-11-17(30)27-21(22)28-18(11)33/h2,5-6,9-10,12-15,19-20,31-32H,3-4H2,1H3,(H,34,35)(H,36,37)(H3,22,27,28,33)/t9-,10-,12-,13-,14-,15-,19-,20-/m1/s1. The van der Waals surface area contributed by atoms with Crippen molar-refractivity contribution in [2.75, 3.05) is 18.9 Å². The van der Waals surface area contributed by atoms with Gasteiger partial charge in [-0.1, -0.05) is 0 Å². The molecule has 7 heterocycles. The summed E-state index contributed by atoms with van der Waals surface area (Å²) >= 11 is 0. The predicted octanol–water partition coefficient (Wildman–Crippen LogP) is -1.62. The maximum atomic E-state index is 13.2. The first-order valence-corrected chi connectivity index (χ1v) is 16.2. The monoisotopic (exact) mass is 673 g/mol. The first kappa shape index (κ1) is 30.4. The molecule has 3 saturated heterocycles. The summed E-state index contributed by atoms with van der Waals surface area (Å²) in [6, 6.07) is 0. The number of aliphatic hydroxyl groups excluding tert-OH is 2. The summed E-state index contributed by atoms with van der Waals surface area (Å²) in [5.74, 6) is 0.109. The molecule has 0 aromatic carbocycles. The van der Waals surface area contributed by atoms with Gasteiger partial charge < -0.3 is 35.2 Å². The largest absolute Gasteiger partial charge is 0.472 e. The first-order chi connectivity index (χ1) is 21.3. The molecule has 4 aromatic heterocycles. The topological polar surface area (TPSA) is 304 Å². The highest BCUT2D eigenvalue weighted by molar-refractivity contribution is 7.47. The van der Waals surface area contributed by atoms with Crippen LogP contribution < -0.4 is 11.3 Å². The number of imidazole rings is 2. The molecule has 45 heavy (non-hydrogen) atoms. The van der Waals surface area contributed by atoms with Gasteiger partial charge in [0, 0.05) is 0 Å². The van der Waals surface area contributed by atoms with Crippen molar-refractivity contribution in [1.29, 1.82) is 0 Å². The van der Waals surface area contributed by atoms with Crippen LogP contribution in [0.25, 0.3) is 22.3 Å². The molecule has 22 nitrogen and oxygen atoms in total. The normalized spacial score (nSPS) is 37.7. The lowest BCUT2D eigenvalue weighted by atomic mass is 10.1. The van der Waals surface area contributed by atoms with E-state index in [0.717, 1.165) is 10.9 Å². The number of rotatable bonds is 2. The van der Waals surface area contributed by atoms with Gasteiger partial charge in [-0.05, 0) is 6.92 Å². The van der Waals surface area contributed by atoms with Crippen LogP contribution in [0.2, 0.25) is 0 Å². The SMILES string of the molecule is Cc1ncc2ncn([C@@H]3O[C@@H]4COP(=O)(O)O[C@@H]5[C@H](O)[C@@H](COP(=O)(O)O[C@H]4[C@H]3O)O[C@H]5n3cnc4c(=O)[nH]c(N)nc43)c2n1. The Morgan fingerprint density at radius 3 is 2.29 bits per heavy atom. The number of aryl methyl sites for hydroxylation is 1. The summed E-state index contributed by atoms with van der Waals surface area (Å²) in [5.41, 5.74) is 5.30. The fourth-order valence-corrected chi connectivity index (χ4v) is 7.24. The lowest BCUT2D eigenvalue weighted by molar-refractivity contribution is -0.0672. The molecular weight excluding hydrogens is 648 g/mol. The minimum Gasteiger partial charge on any atom is -0.387 e. The van der Waals surface area contributed by atoms with Crippen LogP contribution in [-0.4, -0.2) is 109 Å². The number of ether oxygens (including phenoxy) is 2. The van der Waals surface area contributed by atoms with E-state index < -0.39 is 83.5 Å². The van der Waals surface area contributed by atoms with Crippen molar-refractivity contribution in [3.05, 3.63) is 35.0 Å². The second kappa shape index (κ2) is 10.9. The number of nitrogen functional groups attached to an aromatic ring is 1. The Bertz CT molecular complexity index is 1930. The third kappa shape index (κ3) is 5.47. The molecule has 2 unspecified atom stereocenters. The van der Waals surface area contributed by atoms with Gasteiger partial charge in [0.15, 0.2) is 29.3 Å². The summed E-state index contributed by atoms with van der Waals surface area (Å²) in [5, 5.41) is 22.2. The molecule has 242 valence electrons. The predicted molar refractivity (Wildman–Crippen MR) is 144 cm³/mol. The molecular formula is C21H25N9O13P2. The van der Waals surface area contributed by atoms with E-state index in [2.05, 4.69) is 29.9 Å². The molecule has 7 N–H and O–H groups in total. The van der Waals surface area contributed by atoms with Crippen LogP contribution in [0.3, 0.4) is 0 Å². The number of aliphatic hydroxyl groups is 2. The molecule has 0 radical (unpaired) electrons. The molecule has 4 aromatic rings. The minimum atomic E-state index is -5.10. The van der Waals surface area contributed by atoms with Gasteiger partial charge in [0.25, 0.3) is 5.56 Å². The lowest BCUT2D eigenvalue weighted by Crippen LogP contribution is -2.36. The zero-order chi connectivity index (χ0) is 31.8. The number of nitrogens with zero attached hydrogens (tertiary/aromatic N) is 7. The van der Waals surface area contributed by atoms with Crippen molar-refractivity contribution < 1.29 is 56.7 Å². The van der Waals surface area contributed by atoms with E-state index in [0.29, 0.717) is 11.3 Å². The number of phosphoric acid groups is 2. The van der Waals surface area contributed by atoms with Crippen LogP contribution in [0.15, 0.2) is 23.6 Å². The Hall–Kier alpha value is -3.24. The van der Waals surface area contributed by atoms with E-state index in [4.69, 9.17) is 33.3 Å². The minimum absolute atomic E-state index is 0.121. The Kier molecular flexibility index (Phi) is 7.39. The number of H-pyrrole nitrogens is 1. The molecule has 0 spiro atoms. The lowest BCUT2D eigenvalue weighted by Gasteiger charge is -2.25. The van der Waals surface area contributed by atoms with Crippen molar-refractivity contribution in [2.24, 2.45) is 0 Å². The molecule has 10 atom stereocenters. The third-order valence-corrected chi connectivity index (χ3v) is 9.34. The van der Waals surface area contributed by atoms with E-state index in [-0.39, 0.29) is 22.8 Å². The molecule has 24 heteroatoms. The van der Waals surface area contributed by atoms with E-state index in [1.807, 2.05) is 0 Å². The summed E-state index contributed by atoms with van der Waals surface area (Å²) in [6.45, 7) is 0.0173. The van der Waals surface area contributed by atoms with Crippen LogP contribution in [0, 0.1) is 6.92 Å². The van der Waals surface area contributed by atoms with Gasteiger partial charge in [-0.15, -0.1) is 0 Å². The van der Waals surface area contributed by atoms with Crippen LogP contribution in [0.5, 0.6) is 0 Å². The summed E-state index contributed by atoms with van der Waals surface area (Å²) < 4.78 is 61.3. The molecule has 3 fully saturated rings. The average Bonchev–Trinajstić information content (AvgIpc) is 3.72. The number of nitrogens with one attached hydrogen (secondary N) is 1. The van der Waals surface area contributed by atoms with Gasteiger partial charge in [0.05, 0.1) is 32.1 Å². The quantitative estimate of drug-likeness (QED) is 0.130. The molecule has 3 aliphatic heterocycles. The van der Waals surface area contributed by atoms with Gasteiger partial charge >= 0.3 is 15.6 Å². The Labute approximate surface area is 249 Å². The van der Waals surface area contributed by atoms with Crippen LogP contribution in [0.4, 0.5) is 5.95 Å². The van der Waals surface area contributed by atoms with Crippen LogP contribution in [-0.2, 0) is 36.7 Å². The highest BCUT2D eigenvalue weighted by atomic mass is 31.2. The molecule has 7 rings (SSSR count). The Balaban J connectivity index is 1.21.